The van der Waals surface area contributed by atoms with E-state index < -0.39 is 11.4 Å². The van der Waals surface area contributed by atoms with Crippen molar-refractivity contribution in [1.29, 1.82) is 0 Å². The summed E-state index contributed by atoms with van der Waals surface area (Å²) in [7, 11) is 0. The van der Waals surface area contributed by atoms with Crippen LogP contribution in [-0.2, 0) is 11.4 Å². The molecular weight excluding hydrogens is 232 g/mol. The number of fused-ring (bicyclic) bond motifs is 1. The van der Waals surface area contributed by atoms with Crippen LogP contribution in [0.3, 0.4) is 0 Å². The van der Waals surface area contributed by atoms with Crippen LogP contribution in [0.25, 0.3) is 10.8 Å². The molecule has 0 saturated heterocycles. The minimum absolute atomic E-state index is 0.161. The molecule has 0 aliphatic heterocycles. The van der Waals surface area contributed by atoms with Crippen molar-refractivity contribution in [2.24, 2.45) is 0 Å². The SMILES string of the molecule is O=S(O)Oc1cccc2cc(O)c(O)cc12. The fourth-order valence-electron chi connectivity index (χ4n) is 1.42. The van der Waals surface area contributed by atoms with Gasteiger partial charge >= 0.3 is 11.4 Å². The van der Waals surface area contributed by atoms with Crippen LogP contribution in [0.15, 0.2) is 30.3 Å². The minimum atomic E-state index is -2.43. The second kappa shape index (κ2) is 3.99. The van der Waals surface area contributed by atoms with Gasteiger partial charge in [0.15, 0.2) is 17.2 Å². The molecule has 0 amide bonds. The highest BCUT2D eigenvalue weighted by Crippen LogP contribution is 2.34. The van der Waals surface area contributed by atoms with Crippen molar-refractivity contribution in [3.05, 3.63) is 30.3 Å². The van der Waals surface area contributed by atoms with E-state index in [1.807, 2.05) is 0 Å². The molecule has 2 aromatic carbocycles. The molecule has 0 heterocycles. The van der Waals surface area contributed by atoms with Crippen LogP contribution in [-0.4, -0.2) is 19.0 Å². The lowest BCUT2D eigenvalue weighted by Gasteiger charge is -2.06. The fourth-order valence-corrected chi connectivity index (χ4v) is 1.72. The van der Waals surface area contributed by atoms with Gasteiger partial charge in [-0.3, -0.25) is 4.55 Å². The lowest BCUT2D eigenvalue weighted by molar-refractivity contribution is 0.404. The zero-order valence-corrected chi connectivity index (χ0v) is 8.77. The maximum Gasteiger partial charge on any atom is 0.357 e. The van der Waals surface area contributed by atoms with Gasteiger partial charge < -0.3 is 14.4 Å². The third kappa shape index (κ3) is 1.93. The minimum Gasteiger partial charge on any atom is -0.504 e. The molecule has 0 radical (unpaired) electrons. The van der Waals surface area contributed by atoms with Gasteiger partial charge in [0.25, 0.3) is 0 Å². The van der Waals surface area contributed by atoms with Gasteiger partial charge in [0.05, 0.1) is 0 Å². The number of hydrogen-bond donors (Lipinski definition) is 3. The van der Waals surface area contributed by atoms with Crippen LogP contribution in [0.1, 0.15) is 0 Å². The lowest BCUT2D eigenvalue weighted by Crippen LogP contribution is -1.97. The Morgan fingerprint density at radius 1 is 1.12 bits per heavy atom. The molecule has 2 rings (SSSR count). The monoisotopic (exact) mass is 240 g/mol. The first-order chi connectivity index (χ1) is 7.58. The molecule has 6 heteroatoms. The number of phenols is 2. The molecule has 0 spiro atoms. The predicted octanol–water partition coefficient (Wildman–Crippen LogP) is 1.77. The van der Waals surface area contributed by atoms with Crippen LogP contribution < -0.4 is 4.18 Å². The molecule has 3 N–H and O–H groups in total. The number of aromatic hydroxyl groups is 2. The maximum atomic E-state index is 10.5. The smallest absolute Gasteiger partial charge is 0.357 e. The third-order valence-corrected chi connectivity index (χ3v) is 2.42. The summed E-state index contributed by atoms with van der Waals surface area (Å²) < 4.78 is 23.8. The standard InChI is InChI=1S/C10H8O5S/c11-8-4-6-2-1-3-10(15-16(13)14)7(6)5-9(8)12/h1-5,11-12H,(H,13,14). The Bertz CT molecular complexity index is 566. The highest BCUT2D eigenvalue weighted by Gasteiger charge is 2.08. The summed E-state index contributed by atoms with van der Waals surface area (Å²) in [5.74, 6) is -0.407. The van der Waals surface area contributed by atoms with E-state index in [9.17, 15) is 14.4 Å². The van der Waals surface area contributed by atoms with E-state index in [1.165, 1.54) is 18.2 Å². The fraction of sp³-hybridized carbons (Fsp3) is 0. The lowest BCUT2D eigenvalue weighted by atomic mass is 10.1. The normalized spacial score (nSPS) is 12.6. The molecule has 1 atom stereocenters. The number of benzene rings is 2. The summed E-state index contributed by atoms with van der Waals surface area (Å²) in [4.78, 5) is 0. The molecule has 0 aromatic heterocycles. The molecule has 2 aromatic rings. The molecule has 5 nitrogen and oxygen atoms in total. The highest BCUT2D eigenvalue weighted by molar-refractivity contribution is 7.74. The van der Waals surface area contributed by atoms with Gasteiger partial charge in [-0.05, 0) is 23.6 Å². The van der Waals surface area contributed by atoms with Crippen LogP contribution >= 0.6 is 0 Å². The molecule has 0 fully saturated rings. The molecule has 0 aliphatic carbocycles. The van der Waals surface area contributed by atoms with E-state index in [0.29, 0.717) is 10.8 Å². The van der Waals surface area contributed by atoms with Gasteiger partial charge in [-0.15, -0.1) is 0 Å². The quantitative estimate of drug-likeness (QED) is 0.550. The zero-order valence-electron chi connectivity index (χ0n) is 7.95. The Labute approximate surface area is 93.4 Å². The van der Waals surface area contributed by atoms with Crippen LogP contribution in [0, 0.1) is 0 Å². The van der Waals surface area contributed by atoms with Gasteiger partial charge in [0.2, 0.25) is 0 Å². The van der Waals surface area contributed by atoms with E-state index in [-0.39, 0.29) is 17.2 Å². The Kier molecular flexibility index (Phi) is 2.67. The zero-order chi connectivity index (χ0) is 11.7. The van der Waals surface area contributed by atoms with Crippen molar-refractivity contribution < 1.29 is 23.2 Å². The summed E-state index contributed by atoms with van der Waals surface area (Å²) in [5.41, 5.74) is 0. The molecule has 0 aliphatic rings. The maximum absolute atomic E-state index is 10.5. The molecule has 84 valence electrons. The first-order valence-electron chi connectivity index (χ1n) is 4.32. The van der Waals surface area contributed by atoms with Crippen molar-refractivity contribution in [3.8, 4) is 17.2 Å². The first-order valence-corrected chi connectivity index (χ1v) is 5.35. The van der Waals surface area contributed by atoms with Crippen molar-refractivity contribution in [1.82, 2.24) is 0 Å². The van der Waals surface area contributed by atoms with Crippen LogP contribution in [0.2, 0.25) is 0 Å². The van der Waals surface area contributed by atoms with E-state index in [0.717, 1.165) is 0 Å². The second-order valence-electron chi connectivity index (χ2n) is 3.12. The molecule has 0 saturated carbocycles. The average molecular weight is 240 g/mol. The van der Waals surface area contributed by atoms with Crippen molar-refractivity contribution in [2.75, 3.05) is 0 Å². The average Bonchev–Trinajstić information content (AvgIpc) is 2.20. The predicted molar refractivity (Wildman–Crippen MR) is 58.7 cm³/mol. The summed E-state index contributed by atoms with van der Waals surface area (Å²) in [6, 6.07) is 7.40. The van der Waals surface area contributed by atoms with Crippen LogP contribution in [0.4, 0.5) is 0 Å². The Hall–Kier alpha value is -1.79. The molecular formula is C10H8O5S. The molecule has 1 unspecified atom stereocenters. The van der Waals surface area contributed by atoms with Crippen molar-refractivity contribution in [3.63, 3.8) is 0 Å². The second-order valence-corrected chi connectivity index (χ2v) is 3.72. The highest BCUT2D eigenvalue weighted by atomic mass is 32.2. The van der Waals surface area contributed by atoms with E-state index in [1.54, 1.807) is 12.1 Å². The Morgan fingerprint density at radius 2 is 1.81 bits per heavy atom. The Balaban J connectivity index is 2.67. The van der Waals surface area contributed by atoms with Gasteiger partial charge in [-0.25, -0.2) is 0 Å². The van der Waals surface area contributed by atoms with E-state index >= 15 is 0 Å². The van der Waals surface area contributed by atoms with Crippen molar-refractivity contribution >= 4 is 22.1 Å². The van der Waals surface area contributed by atoms with Gasteiger partial charge in [0, 0.05) is 5.39 Å². The summed E-state index contributed by atoms with van der Waals surface area (Å²) >= 11 is -2.43. The van der Waals surface area contributed by atoms with Crippen molar-refractivity contribution in [2.45, 2.75) is 0 Å². The number of hydrogen-bond acceptors (Lipinski definition) is 4. The summed E-state index contributed by atoms with van der Waals surface area (Å²) in [5, 5.41) is 19.7. The summed E-state index contributed by atoms with van der Waals surface area (Å²) in [6.07, 6.45) is 0. The van der Waals surface area contributed by atoms with E-state index in [2.05, 4.69) is 4.18 Å². The topological polar surface area (TPSA) is 87.0 Å². The van der Waals surface area contributed by atoms with Gasteiger partial charge in [-0.2, -0.15) is 4.21 Å². The molecule has 16 heavy (non-hydrogen) atoms. The Morgan fingerprint density at radius 3 is 2.50 bits per heavy atom. The van der Waals surface area contributed by atoms with Crippen LogP contribution in [0.5, 0.6) is 17.2 Å². The van der Waals surface area contributed by atoms with Gasteiger partial charge in [0.1, 0.15) is 0 Å². The van der Waals surface area contributed by atoms with Gasteiger partial charge in [-0.1, -0.05) is 12.1 Å². The number of rotatable bonds is 2. The summed E-state index contributed by atoms with van der Waals surface area (Å²) in [6.45, 7) is 0. The number of phenolic OH excluding ortho intramolecular Hbond substituents is 2. The third-order valence-electron chi connectivity index (χ3n) is 2.10. The first kappa shape index (κ1) is 10.7. The largest absolute Gasteiger partial charge is 0.504 e. The molecule has 0 bridgehead atoms. The van der Waals surface area contributed by atoms with E-state index in [4.69, 9.17) is 4.55 Å².